The quantitative estimate of drug-likeness (QED) is 0.345. The molecule has 0 spiro atoms. The summed E-state index contributed by atoms with van der Waals surface area (Å²) in [5.41, 5.74) is 1.77. The number of hydrogen-bond donors (Lipinski definition) is 0. The first-order valence-electron chi connectivity index (χ1n) is 11.0. The Morgan fingerprint density at radius 2 is 1.73 bits per heavy atom. The van der Waals surface area contributed by atoms with Crippen molar-refractivity contribution in [1.29, 1.82) is 0 Å². The summed E-state index contributed by atoms with van der Waals surface area (Å²) in [4.78, 5) is 31.1. The lowest BCUT2D eigenvalue weighted by atomic mass is 9.95. The number of nitrogens with zero attached hydrogens (tertiary/aromatic N) is 2. The fraction of sp³-hybridized carbons (Fsp3) is 0.259. The van der Waals surface area contributed by atoms with Gasteiger partial charge in [0, 0.05) is 18.0 Å². The van der Waals surface area contributed by atoms with Gasteiger partial charge in [0.25, 0.3) is 0 Å². The van der Waals surface area contributed by atoms with E-state index in [1.54, 1.807) is 39.3 Å². The summed E-state index contributed by atoms with van der Waals surface area (Å²) in [6.07, 6.45) is 2.28. The molecule has 2 amide bonds. The van der Waals surface area contributed by atoms with Crippen molar-refractivity contribution in [3.05, 3.63) is 107 Å². The number of carbonyl (C=O) groups excluding carboxylic acids is 2. The average molecular weight is 465 g/mol. The van der Waals surface area contributed by atoms with E-state index in [4.69, 9.17) is 0 Å². The van der Waals surface area contributed by atoms with Gasteiger partial charge in [0.15, 0.2) is 0 Å². The zero-order valence-corrected chi connectivity index (χ0v) is 19.6. The van der Waals surface area contributed by atoms with Crippen molar-refractivity contribution in [2.24, 2.45) is 0 Å². The van der Waals surface area contributed by atoms with E-state index in [2.05, 4.69) is 6.58 Å². The lowest BCUT2D eigenvalue weighted by molar-refractivity contribution is -0.141. The van der Waals surface area contributed by atoms with Gasteiger partial charge in [-0.05, 0) is 41.1 Å². The summed E-state index contributed by atoms with van der Waals surface area (Å²) in [7, 11) is 0. The summed E-state index contributed by atoms with van der Waals surface area (Å²) >= 11 is 1.57. The van der Waals surface area contributed by atoms with Crippen molar-refractivity contribution in [2.75, 3.05) is 13.1 Å². The first-order chi connectivity index (χ1) is 16.0. The van der Waals surface area contributed by atoms with Crippen LogP contribution < -0.4 is 0 Å². The summed E-state index contributed by atoms with van der Waals surface area (Å²) in [5, 5.41) is 1.97. The topological polar surface area (TPSA) is 40.6 Å². The third-order valence-electron chi connectivity index (χ3n) is 5.46. The van der Waals surface area contributed by atoms with Gasteiger partial charge in [0.05, 0.1) is 12.5 Å². The Morgan fingerprint density at radius 1 is 1.00 bits per heavy atom. The molecule has 0 radical (unpaired) electrons. The van der Waals surface area contributed by atoms with Crippen LogP contribution in [0.3, 0.4) is 0 Å². The maximum Gasteiger partial charge on any atom is 0.242 e. The van der Waals surface area contributed by atoms with Crippen molar-refractivity contribution in [1.82, 2.24) is 9.80 Å². The molecule has 0 N–H and O–H groups in total. The minimum atomic E-state index is -0.318. The molecule has 172 valence electrons. The Kier molecular flexibility index (Phi) is 8.95. The molecule has 1 unspecified atom stereocenters. The van der Waals surface area contributed by atoms with Crippen LogP contribution >= 0.6 is 11.3 Å². The molecule has 0 aliphatic carbocycles. The molecule has 0 fully saturated rings. The molecule has 2 aromatic carbocycles. The van der Waals surface area contributed by atoms with Crippen LogP contribution in [-0.2, 0) is 22.7 Å². The van der Waals surface area contributed by atoms with Gasteiger partial charge in [-0.2, -0.15) is 0 Å². The van der Waals surface area contributed by atoms with Crippen LogP contribution in [0.15, 0.2) is 84.8 Å². The molecular formula is C27H29FN2O2S. The van der Waals surface area contributed by atoms with E-state index in [1.807, 2.05) is 54.8 Å². The van der Waals surface area contributed by atoms with Gasteiger partial charge in [0.2, 0.25) is 11.8 Å². The van der Waals surface area contributed by atoms with Crippen LogP contribution in [0.5, 0.6) is 0 Å². The molecule has 1 heterocycles. The second-order valence-electron chi connectivity index (χ2n) is 7.83. The highest BCUT2D eigenvalue weighted by Crippen LogP contribution is 2.23. The van der Waals surface area contributed by atoms with E-state index >= 15 is 0 Å². The summed E-state index contributed by atoms with van der Waals surface area (Å²) < 4.78 is 13.4. The molecule has 3 aromatic rings. The van der Waals surface area contributed by atoms with Crippen LogP contribution in [-0.4, -0.2) is 34.7 Å². The molecule has 0 bridgehead atoms. The van der Waals surface area contributed by atoms with Gasteiger partial charge in [-0.1, -0.05) is 61.5 Å². The van der Waals surface area contributed by atoms with E-state index in [9.17, 15) is 14.0 Å². The zero-order valence-electron chi connectivity index (χ0n) is 18.8. The molecule has 4 nitrogen and oxygen atoms in total. The van der Waals surface area contributed by atoms with Crippen LogP contribution in [0.1, 0.15) is 35.3 Å². The average Bonchev–Trinajstić information content (AvgIpc) is 3.34. The maximum atomic E-state index is 13.4. The highest BCUT2D eigenvalue weighted by Gasteiger charge is 2.27. The molecule has 0 aliphatic heterocycles. The van der Waals surface area contributed by atoms with Crippen molar-refractivity contribution >= 4 is 23.2 Å². The molecule has 3 rings (SSSR count). The zero-order chi connectivity index (χ0) is 23.6. The SMILES string of the molecule is C=CCN(CC(=O)N(Cc1ccc(F)cc1)Cc1cccs1)C(=O)C(CC)c1ccccc1. The smallest absolute Gasteiger partial charge is 0.242 e. The van der Waals surface area contributed by atoms with E-state index in [1.165, 1.54) is 12.1 Å². The number of rotatable bonds is 11. The third kappa shape index (κ3) is 6.86. The first-order valence-corrected chi connectivity index (χ1v) is 11.9. The maximum absolute atomic E-state index is 13.4. The van der Waals surface area contributed by atoms with E-state index in [0.717, 1.165) is 16.0 Å². The second kappa shape index (κ2) is 12.1. The van der Waals surface area contributed by atoms with E-state index in [0.29, 0.717) is 19.5 Å². The standard InChI is InChI=1S/C27H29FN2O2S/c1-3-16-29(27(32)25(4-2)22-9-6-5-7-10-22)20-26(31)30(19-24-11-8-17-33-24)18-21-12-14-23(28)15-13-21/h3,5-15,17,25H,1,4,16,18-20H2,2H3. The summed E-state index contributed by atoms with van der Waals surface area (Å²) in [5.74, 6) is -0.883. The predicted molar refractivity (Wildman–Crippen MR) is 131 cm³/mol. The molecule has 0 saturated carbocycles. The van der Waals surface area contributed by atoms with Crippen LogP contribution in [0.25, 0.3) is 0 Å². The molecule has 0 aliphatic rings. The highest BCUT2D eigenvalue weighted by molar-refractivity contribution is 7.09. The third-order valence-corrected chi connectivity index (χ3v) is 6.32. The van der Waals surface area contributed by atoms with Gasteiger partial charge >= 0.3 is 0 Å². The molecule has 6 heteroatoms. The molecule has 0 saturated heterocycles. The Labute approximate surface area is 199 Å². The number of amides is 2. The minimum absolute atomic E-state index is 0.0409. The second-order valence-corrected chi connectivity index (χ2v) is 8.87. The summed E-state index contributed by atoms with van der Waals surface area (Å²) in [6.45, 7) is 6.77. The number of benzene rings is 2. The Bertz CT molecular complexity index is 1040. The van der Waals surface area contributed by atoms with Crippen LogP contribution in [0, 0.1) is 5.82 Å². The molecule has 1 atom stereocenters. The lowest BCUT2D eigenvalue weighted by Crippen LogP contribution is -2.44. The largest absolute Gasteiger partial charge is 0.332 e. The predicted octanol–water partition coefficient (Wildman–Crippen LogP) is 5.62. The van der Waals surface area contributed by atoms with E-state index < -0.39 is 0 Å². The van der Waals surface area contributed by atoms with Crippen molar-refractivity contribution in [2.45, 2.75) is 32.4 Å². The fourth-order valence-electron chi connectivity index (χ4n) is 3.74. The fourth-order valence-corrected chi connectivity index (χ4v) is 4.46. The van der Waals surface area contributed by atoms with Gasteiger partial charge in [-0.3, -0.25) is 9.59 Å². The van der Waals surface area contributed by atoms with Crippen LogP contribution in [0.2, 0.25) is 0 Å². The van der Waals surface area contributed by atoms with Gasteiger partial charge in [0.1, 0.15) is 12.4 Å². The molecule has 1 aromatic heterocycles. The number of halogens is 1. The van der Waals surface area contributed by atoms with Gasteiger partial charge in [-0.15, -0.1) is 17.9 Å². The minimum Gasteiger partial charge on any atom is -0.332 e. The number of carbonyl (C=O) groups is 2. The van der Waals surface area contributed by atoms with Crippen molar-refractivity contribution in [3.8, 4) is 0 Å². The monoisotopic (exact) mass is 464 g/mol. The summed E-state index contributed by atoms with van der Waals surface area (Å²) in [6, 6.07) is 19.7. The normalized spacial score (nSPS) is 11.6. The van der Waals surface area contributed by atoms with Crippen molar-refractivity contribution in [3.63, 3.8) is 0 Å². The lowest BCUT2D eigenvalue weighted by Gasteiger charge is -2.29. The molecule has 33 heavy (non-hydrogen) atoms. The van der Waals surface area contributed by atoms with E-state index in [-0.39, 0.29) is 36.6 Å². The Hall–Kier alpha value is -3.25. The Morgan fingerprint density at radius 3 is 2.33 bits per heavy atom. The number of thiophene rings is 1. The van der Waals surface area contributed by atoms with Crippen molar-refractivity contribution < 1.29 is 14.0 Å². The van der Waals surface area contributed by atoms with Gasteiger partial charge in [-0.25, -0.2) is 4.39 Å². The number of hydrogen-bond acceptors (Lipinski definition) is 3. The first kappa shape index (κ1) is 24.4. The molecular weight excluding hydrogens is 435 g/mol. The Balaban J connectivity index is 1.79. The highest BCUT2D eigenvalue weighted by atomic mass is 32.1. The van der Waals surface area contributed by atoms with Crippen LogP contribution in [0.4, 0.5) is 4.39 Å². The van der Waals surface area contributed by atoms with Gasteiger partial charge < -0.3 is 9.80 Å².